The highest BCUT2D eigenvalue weighted by molar-refractivity contribution is 6.31. The van der Waals surface area contributed by atoms with Gasteiger partial charge in [0.15, 0.2) is 0 Å². The standard InChI is InChI=1S/C16H21N3O/c1-3-18-6-8-19(9-7-18)11-14-13-5-4-12(2)10-15(13)17-16(14)20/h4-5,10-11H,3,6-9H2,1-2H3,(H,17,20)/b14-11+. The minimum Gasteiger partial charge on any atom is -0.374 e. The van der Waals surface area contributed by atoms with Crippen molar-refractivity contribution in [2.45, 2.75) is 13.8 Å². The first-order valence-corrected chi connectivity index (χ1v) is 7.28. The molecule has 0 bridgehead atoms. The summed E-state index contributed by atoms with van der Waals surface area (Å²) >= 11 is 0. The van der Waals surface area contributed by atoms with E-state index in [0.717, 1.165) is 49.5 Å². The van der Waals surface area contributed by atoms with Crippen LogP contribution in [0.15, 0.2) is 24.4 Å². The number of benzene rings is 1. The van der Waals surface area contributed by atoms with E-state index in [1.165, 1.54) is 5.56 Å². The summed E-state index contributed by atoms with van der Waals surface area (Å²) in [7, 11) is 0. The summed E-state index contributed by atoms with van der Waals surface area (Å²) < 4.78 is 0. The molecule has 3 rings (SSSR count). The highest BCUT2D eigenvalue weighted by atomic mass is 16.2. The molecule has 4 heteroatoms. The van der Waals surface area contributed by atoms with Crippen molar-refractivity contribution in [3.63, 3.8) is 0 Å². The van der Waals surface area contributed by atoms with Crippen molar-refractivity contribution >= 4 is 17.2 Å². The van der Waals surface area contributed by atoms with Gasteiger partial charge >= 0.3 is 0 Å². The van der Waals surface area contributed by atoms with Crippen LogP contribution in [0.2, 0.25) is 0 Å². The van der Waals surface area contributed by atoms with Gasteiger partial charge < -0.3 is 15.1 Å². The number of fused-ring (bicyclic) bond motifs is 1. The number of carbonyl (C=O) groups excluding carboxylic acids is 1. The summed E-state index contributed by atoms with van der Waals surface area (Å²) in [6, 6.07) is 6.13. The zero-order valence-corrected chi connectivity index (χ0v) is 12.1. The maximum atomic E-state index is 12.1. The van der Waals surface area contributed by atoms with E-state index in [-0.39, 0.29) is 5.91 Å². The van der Waals surface area contributed by atoms with Crippen LogP contribution in [0.3, 0.4) is 0 Å². The Hall–Kier alpha value is -1.81. The number of rotatable bonds is 2. The summed E-state index contributed by atoms with van der Waals surface area (Å²) in [5, 5.41) is 2.95. The van der Waals surface area contributed by atoms with Crippen LogP contribution in [0.1, 0.15) is 18.1 Å². The van der Waals surface area contributed by atoms with Gasteiger partial charge in [-0.3, -0.25) is 4.79 Å². The Bertz CT molecular complexity index is 557. The average molecular weight is 271 g/mol. The SMILES string of the molecule is CCN1CCN(/C=C2/C(=O)Nc3cc(C)ccc32)CC1. The maximum absolute atomic E-state index is 12.1. The van der Waals surface area contributed by atoms with Crippen LogP contribution in [0, 0.1) is 6.92 Å². The van der Waals surface area contributed by atoms with E-state index in [9.17, 15) is 4.79 Å². The molecule has 0 aromatic heterocycles. The monoisotopic (exact) mass is 271 g/mol. The van der Waals surface area contributed by atoms with Gasteiger partial charge in [0.1, 0.15) is 0 Å². The molecule has 0 radical (unpaired) electrons. The zero-order valence-electron chi connectivity index (χ0n) is 12.1. The largest absolute Gasteiger partial charge is 0.374 e. The Morgan fingerprint density at radius 1 is 1.25 bits per heavy atom. The van der Waals surface area contributed by atoms with Crippen LogP contribution in [0.4, 0.5) is 5.69 Å². The van der Waals surface area contributed by atoms with Gasteiger partial charge in [0.25, 0.3) is 5.91 Å². The average Bonchev–Trinajstić information content (AvgIpc) is 2.75. The minimum absolute atomic E-state index is 0.0171. The number of carbonyl (C=O) groups is 1. The number of likely N-dealkylation sites (N-methyl/N-ethyl adjacent to an activating group) is 1. The van der Waals surface area contributed by atoms with Crippen LogP contribution in [-0.4, -0.2) is 48.4 Å². The van der Waals surface area contributed by atoms with Crippen molar-refractivity contribution in [1.29, 1.82) is 0 Å². The Balaban J connectivity index is 1.81. The fourth-order valence-electron chi connectivity index (χ4n) is 2.83. The number of nitrogens with one attached hydrogen (secondary N) is 1. The number of anilines is 1. The van der Waals surface area contributed by atoms with Gasteiger partial charge in [0, 0.05) is 43.6 Å². The Labute approximate surface area is 120 Å². The van der Waals surface area contributed by atoms with Crippen molar-refractivity contribution in [3.8, 4) is 0 Å². The van der Waals surface area contributed by atoms with Gasteiger partial charge in [-0.15, -0.1) is 0 Å². The summed E-state index contributed by atoms with van der Waals surface area (Å²) in [5.41, 5.74) is 3.93. The molecule has 20 heavy (non-hydrogen) atoms. The van der Waals surface area contributed by atoms with Crippen molar-refractivity contribution in [3.05, 3.63) is 35.5 Å². The molecular formula is C16H21N3O. The highest BCUT2D eigenvalue weighted by Crippen LogP contribution is 2.32. The molecule has 1 amide bonds. The Morgan fingerprint density at radius 3 is 2.70 bits per heavy atom. The van der Waals surface area contributed by atoms with Gasteiger partial charge in [-0.1, -0.05) is 19.1 Å². The first-order valence-electron chi connectivity index (χ1n) is 7.28. The van der Waals surface area contributed by atoms with E-state index in [1.54, 1.807) is 0 Å². The number of piperazine rings is 1. The maximum Gasteiger partial charge on any atom is 0.257 e. The van der Waals surface area contributed by atoms with Gasteiger partial charge in [0.05, 0.1) is 5.57 Å². The second-order valence-corrected chi connectivity index (χ2v) is 5.52. The lowest BCUT2D eigenvalue weighted by atomic mass is 10.1. The van der Waals surface area contributed by atoms with Crippen LogP contribution < -0.4 is 5.32 Å². The summed E-state index contributed by atoms with van der Waals surface area (Å²) in [6.45, 7) is 9.46. The van der Waals surface area contributed by atoms with Gasteiger partial charge in [0.2, 0.25) is 0 Å². The van der Waals surface area contributed by atoms with Crippen molar-refractivity contribution in [2.75, 3.05) is 38.0 Å². The first kappa shape index (κ1) is 13.2. The smallest absolute Gasteiger partial charge is 0.257 e. The third-order valence-electron chi connectivity index (χ3n) is 4.12. The molecule has 0 saturated carbocycles. The lowest BCUT2D eigenvalue weighted by Crippen LogP contribution is -2.43. The first-order chi connectivity index (χ1) is 9.67. The molecule has 0 aliphatic carbocycles. The number of aryl methyl sites for hydroxylation is 1. The summed E-state index contributed by atoms with van der Waals surface area (Å²) in [4.78, 5) is 16.8. The molecular weight excluding hydrogens is 250 g/mol. The van der Waals surface area contributed by atoms with Gasteiger partial charge in [-0.25, -0.2) is 0 Å². The quantitative estimate of drug-likeness (QED) is 0.835. The van der Waals surface area contributed by atoms with E-state index < -0.39 is 0 Å². The molecule has 0 spiro atoms. The molecule has 1 fully saturated rings. The highest BCUT2D eigenvalue weighted by Gasteiger charge is 2.25. The molecule has 1 N–H and O–H groups in total. The second kappa shape index (κ2) is 5.29. The molecule has 106 valence electrons. The molecule has 4 nitrogen and oxygen atoms in total. The van der Waals surface area contributed by atoms with E-state index in [1.807, 2.05) is 25.3 Å². The summed E-state index contributed by atoms with van der Waals surface area (Å²) in [5.74, 6) is 0.0171. The molecule has 1 aromatic rings. The van der Waals surface area contributed by atoms with Crippen LogP contribution in [0.5, 0.6) is 0 Å². The van der Waals surface area contributed by atoms with Crippen molar-refractivity contribution < 1.29 is 4.79 Å². The molecule has 0 atom stereocenters. The molecule has 2 aliphatic heterocycles. The fourth-order valence-corrected chi connectivity index (χ4v) is 2.83. The third-order valence-corrected chi connectivity index (χ3v) is 4.12. The van der Waals surface area contributed by atoms with Crippen LogP contribution >= 0.6 is 0 Å². The van der Waals surface area contributed by atoms with Crippen LogP contribution in [-0.2, 0) is 4.79 Å². The molecule has 2 heterocycles. The molecule has 1 aromatic carbocycles. The fraction of sp³-hybridized carbons (Fsp3) is 0.438. The van der Waals surface area contributed by atoms with Crippen molar-refractivity contribution in [1.82, 2.24) is 9.80 Å². The lowest BCUT2D eigenvalue weighted by Gasteiger charge is -2.33. The lowest BCUT2D eigenvalue weighted by molar-refractivity contribution is -0.110. The van der Waals surface area contributed by atoms with Crippen molar-refractivity contribution in [2.24, 2.45) is 0 Å². The second-order valence-electron chi connectivity index (χ2n) is 5.52. The van der Waals surface area contributed by atoms with E-state index >= 15 is 0 Å². The molecule has 1 saturated heterocycles. The zero-order chi connectivity index (χ0) is 14.1. The molecule has 2 aliphatic rings. The van der Waals surface area contributed by atoms with E-state index in [2.05, 4.69) is 28.1 Å². The number of nitrogens with zero attached hydrogens (tertiary/aromatic N) is 2. The van der Waals surface area contributed by atoms with E-state index in [4.69, 9.17) is 0 Å². The minimum atomic E-state index is 0.0171. The Morgan fingerprint density at radius 2 is 2.00 bits per heavy atom. The summed E-state index contributed by atoms with van der Waals surface area (Å²) in [6.07, 6.45) is 2.03. The van der Waals surface area contributed by atoms with Gasteiger partial charge in [-0.05, 0) is 25.1 Å². The third kappa shape index (κ3) is 2.43. The Kier molecular flexibility index (Phi) is 3.49. The van der Waals surface area contributed by atoms with Crippen LogP contribution in [0.25, 0.3) is 5.57 Å². The van der Waals surface area contributed by atoms with Gasteiger partial charge in [-0.2, -0.15) is 0 Å². The topological polar surface area (TPSA) is 35.6 Å². The number of hydrogen-bond acceptors (Lipinski definition) is 3. The normalized spacial score (nSPS) is 21.2. The molecule has 0 unspecified atom stereocenters. The predicted molar refractivity (Wildman–Crippen MR) is 81.5 cm³/mol. The predicted octanol–water partition coefficient (Wildman–Crippen LogP) is 1.93. The number of hydrogen-bond donors (Lipinski definition) is 1. The number of amides is 1. The van der Waals surface area contributed by atoms with E-state index in [0.29, 0.717) is 0 Å².